The first kappa shape index (κ1) is 20.8. The number of thiol groups is 1. The van der Waals surface area contributed by atoms with Gasteiger partial charge in [0, 0.05) is 12.4 Å². The van der Waals surface area contributed by atoms with Crippen LogP contribution in [0.4, 0.5) is 4.39 Å². The third-order valence-electron chi connectivity index (χ3n) is 2.66. The van der Waals surface area contributed by atoms with E-state index in [-0.39, 0.29) is 0 Å². The summed E-state index contributed by atoms with van der Waals surface area (Å²) >= 11 is 18.1. The van der Waals surface area contributed by atoms with E-state index in [0.717, 1.165) is 21.0 Å². The molecular weight excluding hydrogens is 467 g/mol. The Bertz CT molecular complexity index is 990. The Morgan fingerprint density at radius 1 is 1.27 bits per heavy atom. The molecule has 135 valence electrons. The van der Waals surface area contributed by atoms with Crippen molar-refractivity contribution in [3.05, 3.63) is 45.4 Å². The first-order valence-corrected chi connectivity index (χ1v) is 8.42. The number of pyridine rings is 2. The fourth-order valence-corrected chi connectivity index (χ4v) is 2.72. The van der Waals surface area contributed by atoms with E-state index in [2.05, 4.69) is 71.0 Å². The summed E-state index contributed by atoms with van der Waals surface area (Å²) in [5, 5.41) is 16.2. The van der Waals surface area contributed by atoms with E-state index in [9.17, 15) is 4.39 Å². The van der Waals surface area contributed by atoms with Crippen molar-refractivity contribution in [2.75, 3.05) is 7.15 Å². The number of nitrogens with one attached hydrogen (secondary N) is 2. The SMILES string of the molecule is Clc1ccnc2[nH]ncc12.Clc1ccnc2n[nH]c(Br)c12.[2H]CF.[B]=NS. The second-order valence-electron chi connectivity index (χ2n) is 4.07. The molecule has 0 unspecified atom stereocenters. The Hall–Kier alpha value is -1.56. The zero-order valence-corrected chi connectivity index (χ0v) is 16.9. The quantitative estimate of drug-likeness (QED) is 0.251. The summed E-state index contributed by atoms with van der Waals surface area (Å²) in [6, 6.07) is 3.46. The second-order valence-corrected chi connectivity index (χ2v) is 5.91. The second kappa shape index (κ2) is 11.9. The number of rotatable bonds is 0. The van der Waals surface area contributed by atoms with Crippen LogP contribution in [0, 0.1) is 0 Å². The van der Waals surface area contributed by atoms with Crippen molar-refractivity contribution in [3.63, 3.8) is 0 Å². The number of fused-ring (bicyclic) bond motifs is 2. The molecule has 0 bridgehead atoms. The maximum atomic E-state index is 9.96. The number of aromatic amines is 2. The molecular formula is C13H11BBrCl2FN7S. The Kier molecular flexibility index (Phi) is 9.53. The van der Waals surface area contributed by atoms with Gasteiger partial charge in [0.25, 0.3) is 0 Å². The minimum absolute atomic E-state index is 0.629. The van der Waals surface area contributed by atoms with Gasteiger partial charge in [0.1, 0.15) is 4.60 Å². The number of halogens is 4. The fourth-order valence-electron chi connectivity index (χ4n) is 1.69. The van der Waals surface area contributed by atoms with E-state index >= 15 is 0 Å². The van der Waals surface area contributed by atoms with Crippen LogP contribution in [0.25, 0.3) is 22.1 Å². The van der Waals surface area contributed by atoms with Crippen molar-refractivity contribution in [3.8, 4) is 0 Å². The summed E-state index contributed by atoms with van der Waals surface area (Å²) in [7, 11) is 3.34. The van der Waals surface area contributed by atoms with Gasteiger partial charge in [-0.15, -0.1) is 0 Å². The van der Waals surface area contributed by atoms with Crippen molar-refractivity contribution in [1.29, 1.82) is 0 Å². The van der Waals surface area contributed by atoms with Crippen molar-refractivity contribution >= 4 is 81.7 Å². The molecule has 4 aromatic rings. The molecule has 0 aromatic carbocycles. The molecule has 4 rings (SSSR count). The van der Waals surface area contributed by atoms with Gasteiger partial charge in [0.05, 0.1) is 35.5 Å². The van der Waals surface area contributed by atoms with Gasteiger partial charge in [-0.2, -0.15) is 10.2 Å². The summed E-state index contributed by atoms with van der Waals surface area (Å²) in [5.41, 5.74) is 1.36. The average molecular weight is 479 g/mol. The molecule has 2 N–H and O–H groups in total. The first-order valence-electron chi connectivity index (χ1n) is 7.17. The number of hydrogen-bond donors (Lipinski definition) is 3. The van der Waals surface area contributed by atoms with E-state index in [1.165, 1.54) is 0 Å². The minimum atomic E-state index is -1.00. The molecule has 0 amide bonds. The monoisotopic (exact) mass is 477 g/mol. The van der Waals surface area contributed by atoms with Crippen LogP contribution >= 0.6 is 51.9 Å². The summed E-state index contributed by atoms with van der Waals surface area (Å²) in [6.45, 7) is 0. The predicted octanol–water partition coefficient (Wildman–Crippen LogP) is 4.75. The fraction of sp³-hybridized carbons (Fsp3) is 0.0769. The zero-order valence-electron chi connectivity index (χ0n) is 13.9. The molecule has 0 aliphatic rings. The van der Waals surface area contributed by atoms with Crippen molar-refractivity contribution in [1.82, 2.24) is 30.4 Å². The van der Waals surface area contributed by atoms with Crippen LogP contribution in [0.15, 0.2) is 39.6 Å². The average Bonchev–Trinajstić information content (AvgIpc) is 3.26. The van der Waals surface area contributed by atoms with E-state index in [1.807, 2.05) is 0 Å². The van der Waals surface area contributed by atoms with Crippen LogP contribution in [-0.2, 0) is 0 Å². The third-order valence-corrected chi connectivity index (χ3v) is 3.88. The third kappa shape index (κ3) is 6.01. The number of nitrogens with zero attached hydrogens (tertiary/aromatic N) is 5. The maximum absolute atomic E-state index is 9.96. The van der Waals surface area contributed by atoms with Gasteiger partial charge in [0.2, 0.25) is 0 Å². The molecule has 0 aliphatic heterocycles. The van der Waals surface area contributed by atoms with Gasteiger partial charge in [-0.05, 0) is 28.1 Å². The number of H-pyrrole nitrogens is 2. The summed E-state index contributed by atoms with van der Waals surface area (Å²) in [4.78, 5) is 8.01. The Morgan fingerprint density at radius 2 is 1.88 bits per heavy atom. The molecule has 26 heavy (non-hydrogen) atoms. The molecule has 13 heteroatoms. The molecule has 1 radical (unpaired) electrons. The van der Waals surface area contributed by atoms with Crippen LogP contribution in [0.5, 0.6) is 0 Å². The van der Waals surface area contributed by atoms with Gasteiger partial charge < -0.3 is 0 Å². The zero-order chi connectivity index (χ0) is 20.2. The van der Waals surface area contributed by atoms with E-state index in [4.69, 9.17) is 24.6 Å². The van der Waals surface area contributed by atoms with Crippen molar-refractivity contribution in [2.24, 2.45) is 4.30 Å². The molecule has 0 aliphatic carbocycles. The normalized spacial score (nSPS) is 9.77. The van der Waals surface area contributed by atoms with Gasteiger partial charge in [-0.3, -0.25) is 14.6 Å². The number of aromatic nitrogens is 6. The standard InChI is InChI=1S/C6H3BrClN3.C6H4ClN3.CH3F.BHNS/c7-5-4-3(8)1-2-9-6(4)11-10-5;7-5-1-2-8-6-4(5)3-9-10-6;1-2;1-2-3/h1-2H,(H,9,10,11);1-3H,(H,8,9,10);1H3;3H/i;;1D;. The van der Waals surface area contributed by atoms with Gasteiger partial charge in [-0.1, -0.05) is 23.2 Å². The summed E-state index contributed by atoms with van der Waals surface area (Å²) in [5.74, 6) is 0. The molecule has 4 heterocycles. The van der Waals surface area contributed by atoms with Crippen LogP contribution in [-0.4, -0.2) is 45.2 Å². The molecule has 0 fully saturated rings. The van der Waals surface area contributed by atoms with Gasteiger partial charge >= 0.3 is 24.8 Å². The predicted molar refractivity (Wildman–Crippen MR) is 110 cm³/mol. The van der Waals surface area contributed by atoms with E-state index in [1.54, 1.807) is 30.7 Å². The summed E-state index contributed by atoms with van der Waals surface area (Å²) < 4.78 is 19.0. The van der Waals surface area contributed by atoms with E-state index < -0.39 is 7.15 Å². The molecule has 7 nitrogen and oxygen atoms in total. The van der Waals surface area contributed by atoms with Gasteiger partial charge in [0.15, 0.2) is 11.3 Å². The number of hydrogen-bond acceptors (Lipinski definition) is 6. The molecule has 0 saturated carbocycles. The Balaban J connectivity index is 0.000000211. The summed E-state index contributed by atoms with van der Waals surface area (Å²) in [6.07, 6.45) is 4.92. The first-order chi connectivity index (χ1) is 13.0. The number of alkyl halides is 1. The van der Waals surface area contributed by atoms with Crippen LogP contribution < -0.4 is 0 Å². The van der Waals surface area contributed by atoms with Crippen molar-refractivity contribution < 1.29 is 5.76 Å². The molecule has 0 atom stereocenters. The molecule has 4 aromatic heterocycles. The topological polar surface area (TPSA) is 95.5 Å². The Labute approximate surface area is 174 Å². The van der Waals surface area contributed by atoms with Gasteiger partial charge in [-0.25, -0.2) is 9.97 Å². The van der Waals surface area contributed by atoms with Crippen LogP contribution in [0.1, 0.15) is 1.37 Å². The molecule has 0 spiro atoms. The van der Waals surface area contributed by atoms with Crippen LogP contribution in [0.3, 0.4) is 0 Å². The Morgan fingerprint density at radius 3 is 2.50 bits per heavy atom. The van der Waals surface area contributed by atoms with E-state index in [0.29, 0.717) is 15.7 Å². The molecule has 0 saturated heterocycles. The van der Waals surface area contributed by atoms with Crippen LogP contribution in [0.2, 0.25) is 10.0 Å². The van der Waals surface area contributed by atoms with Crippen molar-refractivity contribution in [2.45, 2.75) is 0 Å².